The maximum atomic E-state index is 12.7. The van der Waals surface area contributed by atoms with Gasteiger partial charge in [0, 0.05) is 32.4 Å². The second-order valence-electron chi connectivity index (χ2n) is 7.41. The predicted octanol–water partition coefficient (Wildman–Crippen LogP) is 0.213. The Morgan fingerprint density at radius 2 is 1.93 bits per heavy atom. The number of rotatable bonds is 2. The van der Waals surface area contributed by atoms with Crippen LogP contribution in [0.15, 0.2) is 18.3 Å². The number of aliphatic hydroxyl groups excluding tert-OH is 1. The Balaban J connectivity index is 0.000000817. The molecule has 3 N–H and O–H groups in total. The van der Waals surface area contributed by atoms with Crippen LogP contribution >= 0.6 is 0 Å². The smallest absolute Gasteiger partial charge is 0.290 e. The predicted molar refractivity (Wildman–Crippen MR) is 99.0 cm³/mol. The van der Waals surface area contributed by atoms with Crippen LogP contribution in [0.4, 0.5) is 0 Å². The van der Waals surface area contributed by atoms with Crippen molar-refractivity contribution in [3.05, 3.63) is 29.6 Å². The third kappa shape index (κ3) is 5.24. The van der Waals surface area contributed by atoms with E-state index in [1.165, 1.54) is 0 Å². The zero-order valence-electron chi connectivity index (χ0n) is 15.9. The van der Waals surface area contributed by atoms with Crippen LogP contribution in [-0.4, -0.2) is 81.8 Å². The Hall–Kier alpha value is -2.03. The fourth-order valence-corrected chi connectivity index (χ4v) is 3.68. The molecule has 1 aromatic rings. The maximum absolute atomic E-state index is 12.7. The van der Waals surface area contributed by atoms with Crippen molar-refractivity contribution < 1.29 is 24.9 Å². The van der Waals surface area contributed by atoms with Gasteiger partial charge in [0.1, 0.15) is 5.60 Å². The van der Waals surface area contributed by atoms with Crippen molar-refractivity contribution >= 4 is 12.4 Å². The molecule has 2 saturated heterocycles. The molecular formula is C19H29N3O5. The number of likely N-dealkylation sites (tertiary alicyclic amines) is 2. The van der Waals surface area contributed by atoms with E-state index in [0.29, 0.717) is 44.6 Å². The Morgan fingerprint density at radius 1 is 1.30 bits per heavy atom. The molecule has 0 radical (unpaired) electrons. The van der Waals surface area contributed by atoms with E-state index < -0.39 is 11.7 Å². The average molecular weight is 379 g/mol. The molecule has 8 nitrogen and oxygen atoms in total. The van der Waals surface area contributed by atoms with E-state index in [-0.39, 0.29) is 18.3 Å². The summed E-state index contributed by atoms with van der Waals surface area (Å²) in [5.41, 5.74) is 0.773. The molecule has 0 unspecified atom stereocenters. The van der Waals surface area contributed by atoms with Gasteiger partial charge in [-0.2, -0.15) is 0 Å². The summed E-state index contributed by atoms with van der Waals surface area (Å²) in [6.45, 7) is 4.13. The fourth-order valence-electron chi connectivity index (χ4n) is 3.68. The van der Waals surface area contributed by atoms with Gasteiger partial charge in [0.25, 0.3) is 6.47 Å². The zero-order valence-corrected chi connectivity index (χ0v) is 15.9. The molecule has 3 heterocycles. The van der Waals surface area contributed by atoms with E-state index in [1.54, 1.807) is 11.1 Å². The largest absolute Gasteiger partial charge is 0.483 e. The standard InChI is InChI=1S/C18H27N3O3.CH2O2/c1-13-3-4-16(19-11-13)18(24)6-9-21(10-7-18)17(23)14-12-20(2)8-5-15(14)22;2-1-3/h3-4,11,14-15,22,24H,5-10,12H2,1-2H3;1H,(H,2,3)/t14-,15+;/m1./s1. The van der Waals surface area contributed by atoms with E-state index in [9.17, 15) is 15.0 Å². The third-order valence-electron chi connectivity index (χ3n) is 5.39. The number of hydrogen-bond acceptors (Lipinski definition) is 6. The highest BCUT2D eigenvalue weighted by Gasteiger charge is 2.40. The molecule has 150 valence electrons. The third-order valence-corrected chi connectivity index (χ3v) is 5.39. The molecule has 8 heteroatoms. The van der Waals surface area contributed by atoms with Crippen LogP contribution in [0.1, 0.15) is 30.5 Å². The minimum atomic E-state index is -0.966. The number of pyridine rings is 1. The maximum Gasteiger partial charge on any atom is 0.290 e. The molecular weight excluding hydrogens is 350 g/mol. The lowest BCUT2D eigenvalue weighted by molar-refractivity contribution is -0.146. The number of carbonyl (C=O) groups excluding carboxylic acids is 1. The van der Waals surface area contributed by atoms with E-state index in [1.807, 2.05) is 26.1 Å². The summed E-state index contributed by atoms with van der Waals surface area (Å²) in [5, 5.41) is 27.9. The summed E-state index contributed by atoms with van der Waals surface area (Å²) in [7, 11) is 1.98. The summed E-state index contributed by atoms with van der Waals surface area (Å²) in [5.74, 6) is -0.347. The number of nitrogens with zero attached hydrogens (tertiary/aromatic N) is 3. The highest BCUT2D eigenvalue weighted by atomic mass is 16.3. The van der Waals surface area contributed by atoms with Gasteiger partial charge >= 0.3 is 0 Å². The van der Waals surface area contributed by atoms with Gasteiger partial charge < -0.3 is 25.1 Å². The van der Waals surface area contributed by atoms with Crippen LogP contribution in [0.2, 0.25) is 0 Å². The van der Waals surface area contributed by atoms with Crippen molar-refractivity contribution in [3.63, 3.8) is 0 Å². The number of hydrogen-bond donors (Lipinski definition) is 3. The first-order valence-electron chi connectivity index (χ1n) is 9.19. The molecule has 0 aromatic carbocycles. The van der Waals surface area contributed by atoms with Crippen LogP contribution < -0.4 is 0 Å². The monoisotopic (exact) mass is 379 g/mol. The normalized spacial score (nSPS) is 25.3. The Labute approximate surface area is 159 Å². The Kier molecular flexibility index (Phi) is 7.29. The van der Waals surface area contributed by atoms with E-state index >= 15 is 0 Å². The molecule has 0 spiro atoms. The molecule has 0 bridgehead atoms. The van der Waals surface area contributed by atoms with Gasteiger partial charge in [-0.15, -0.1) is 0 Å². The topological polar surface area (TPSA) is 114 Å². The van der Waals surface area contributed by atoms with Crippen LogP contribution in [0.25, 0.3) is 0 Å². The van der Waals surface area contributed by atoms with Crippen LogP contribution in [-0.2, 0) is 15.2 Å². The van der Waals surface area contributed by atoms with Gasteiger partial charge in [-0.25, -0.2) is 0 Å². The van der Waals surface area contributed by atoms with Gasteiger partial charge in [-0.05, 0) is 44.9 Å². The number of amides is 1. The summed E-state index contributed by atoms with van der Waals surface area (Å²) < 4.78 is 0. The van der Waals surface area contributed by atoms with Crippen LogP contribution in [0.3, 0.4) is 0 Å². The van der Waals surface area contributed by atoms with Crippen molar-refractivity contribution in [2.45, 2.75) is 37.9 Å². The van der Waals surface area contributed by atoms with Gasteiger partial charge in [-0.3, -0.25) is 14.6 Å². The van der Waals surface area contributed by atoms with Crippen LogP contribution in [0, 0.1) is 12.8 Å². The second-order valence-corrected chi connectivity index (χ2v) is 7.41. The van der Waals surface area contributed by atoms with Gasteiger partial charge in [-0.1, -0.05) is 6.07 Å². The lowest BCUT2D eigenvalue weighted by Crippen LogP contribution is -2.53. The van der Waals surface area contributed by atoms with E-state index in [4.69, 9.17) is 9.90 Å². The number of aliphatic hydroxyl groups is 2. The number of carbonyl (C=O) groups is 2. The molecule has 2 atom stereocenters. The number of aromatic nitrogens is 1. The second kappa shape index (κ2) is 9.25. The van der Waals surface area contributed by atoms with E-state index in [0.717, 1.165) is 12.1 Å². The van der Waals surface area contributed by atoms with Crippen molar-refractivity contribution in [1.29, 1.82) is 0 Å². The number of piperidine rings is 2. The summed E-state index contributed by atoms with van der Waals surface area (Å²) in [4.78, 5) is 29.3. The van der Waals surface area contributed by atoms with Gasteiger partial charge in [0.15, 0.2) is 0 Å². The SMILES string of the molecule is Cc1ccc(C2(O)CCN(C(=O)[C@@H]3CN(C)CC[C@@H]3O)CC2)nc1.O=CO. The minimum Gasteiger partial charge on any atom is -0.483 e. The molecule has 27 heavy (non-hydrogen) atoms. The first-order chi connectivity index (χ1) is 12.8. The van der Waals surface area contributed by atoms with Crippen molar-refractivity contribution in [1.82, 2.24) is 14.8 Å². The average Bonchev–Trinajstić information content (AvgIpc) is 2.65. The molecule has 0 aliphatic carbocycles. The molecule has 1 amide bonds. The fraction of sp³-hybridized carbons (Fsp3) is 0.632. The van der Waals surface area contributed by atoms with Crippen molar-refractivity contribution in [2.75, 3.05) is 33.2 Å². The molecule has 2 aliphatic rings. The quantitative estimate of drug-likeness (QED) is 0.630. The van der Waals surface area contributed by atoms with Crippen LogP contribution in [0.5, 0.6) is 0 Å². The first kappa shape index (κ1) is 21.3. The summed E-state index contributed by atoms with van der Waals surface area (Å²) in [6.07, 6.45) is 2.80. The lowest BCUT2D eigenvalue weighted by Gasteiger charge is -2.41. The summed E-state index contributed by atoms with van der Waals surface area (Å²) in [6, 6.07) is 3.82. The van der Waals surface area contributed by atoms with Crippen molar-refractivity contribution in [3.8, 4) is 0 Å². The zero-order chi connectivity index (χ0) is 20.0. The first-order valence-corrected chi connectivity index (χ1v) is 9.19. The molecule has 2 aliphatic heterocycles. The Morgan fingerprint density at radius 3 is 2.48 bits per heavy atom. The minimum absolute atomic E-state index is 0.00738. The molecule has 2 fully saturated rings. The number of carboxylic acid groups (broad SMARTS) is 1. The highest BCUT2D eigenvalue weighted by Crippen LogP contribution is 2.32. The molecule has 3 rings (SSSR count). The summed E-state index contributed by atoms with van der Waals surface area (Å²) >= 11 is 0. The molecule has 0 saturated carbocycles. The molecule has 1 aromatic heterocycles. The van der Waals surface area contributed by atoms with Gasteiger partial charge in [0.05, 0.1) is 17.7 Å². The number of aryl methyl sites for hydroxylation is 1. The van der Waals surface area contributed by atoms with Gasteiger partial charge in [0.2, 0.25) is 5.91 Å². The Bertz CT molecular complexity index is 629. The van der Waals surface area contributed by atoms with E-state index in [2.05, 4.69) is 9.88 Å². The lowest BCUT2D eigenvalue weighted by atomic mass is 9.86. The highest BCUT2D eigenvalue weighted by molar-refractivity contribution is 5.80. The van der Waals surface area contributed by atoms with Crippen molar-refractivity contribution in [2.24, 2.45) is 5.92 Å².